The minimum Gasteiger partial charge on any atom is -0.382 e. The quantitative estimate of drug-likeness (QED) is 0.525. The van der Waals surface area contributed by atoms with Gasteiger partial charge in [0, 0.05) is 35.8 Å². The van der Waals surface area contributed by atoms with Gasteiger partial charge in [0.15, 0.2) is 17.3 Å². The molecule has 5 rings (SSSR count). The molecule has 0 aliphatic carbocycles. The second-order valence-electron chi connectivity index (χ2n) is 6.72. The fraction of sp³-hybridized carbons (Fsp3) is 0.278. The van der Waals surface area contributed by atoms with Crippen molar-refractivity contribution in [3.8, 4) is 11.4 Å². The number of hydrogen-bond donors (Lipinski definition) is 2. The normalized spacial score (nSPS) is 14.8. The minimum absolute atomic E-state index is 0.299. The van der Waals surface area contributed by atoms with E-state index in [2.05, 4.69) is 30.2 Å². The van der Waals surface area contributed by atoms with Gasteiger partial charge in [0.05, 0.1) is 25.1 Å². The van der Waals surface area contributed by atoms with E-state index in [1.54, 1.807) is 10.7 Å². The number of ether oxygens (including phenoxy) is 1. The lowest BCUT2D eigenvalue weighted by Gasteiger charge is -2.28. The number of nitrogens with two attached hydrogens (primary N) is 2. The Bertz CT molecular complexity index is 1200. The lowest BCUT2D eigenvalue weighted by atomic mass is 10.1. The van der Waals surface area contributed by atoms with E-state index in [1.807, 2.05) is 25.3 Å². The maximum Gasteiger partial charge on any atom is 0.184 e. The molecule has 0 spiro atoms. The topological polar surface area (TPSA) is 133 Å². The largest absolute Gasteiger partial charge is 0.382 e. The molecule has 0 radical (unpaired) electrons. The molecule has 10 heteroatoms. The van der Waals surface area contributed by atoms with Gasteiger partial charge < -0.3 is 21.1 Å². The first-order valence-electron chi connectivity index (χ1n) is 8.98. The maximum atomic E-state index is 5.98. The van der Waals surface area contributed by atoms with Crippen LogP contribution in [0.5, 0.6) is 0 Å². The second kappa shape index (κ2) is 6.27. The van der Waals surface area contributed by atoms with Crippen molar-refractivity contribution in [3.05, 3.63) is 30.1 Å². The Kier molecular flexibility index (Phi) is 3.72. The lowest BCUT2D eigenvalue weighted by molar-refractivity contribution is 0.122. The summed E-state index contributed by atoms with van der Waals surface area (Å²) in [5.41, 5.74) is 15.8. The number of morpholine rings is 1. The van der Waals surface area contributed by atoms with E-state index < -0.39 is 0 Å². The monoisotopic (exact) mass is 377 g/mol. The Balaban J connectivity index is 1.65. The molecule has 4 aromatic rings. The zero-order valence-electron chi connectivity index (χ0n) is 15.3. The molecule has 142 valence electrons. The number of pyridine rings is 2. The highest BCUT2D eigenvalue weighted by atomic mass is 16.5. The van der Waals surface area contributed by atoms with E-state index in [-0.39, 0.29) is 0 Å². The van der Waals surface area contributed by atoms with Crippen LogP contribution >= 0.6 is 0 Å². The van der Waals surface area contributed by atoms with Crippen LogP contribution in [-0.4, -0.2) is 56.1 Å². The third kappa shape index (κ3) is 2.57. The molecule has 0 saturated carbocycles. The summed E-state index contributed by atoms with van der Waals surface area (Å²) in [5.74, 6) is 1.18. The molecule has 28 heavy (non-hydrogen) atoms. The fourth-order valence-electron chi connectivity index (χ4n) is 3.47. The second-order valence-corrected chi connectivity index (χ2v) is 6.72. The summed E-state index contributed by atoms with van der Waals surface area (Å²) in [5, 5.41) is 13.5. The first-order valence-corrected chi connectivity index (χ1v) is 8.98. The summed E-state index contributed by atoms with van der Waals surface area (Å²) < 4.78 is 7.20. The highest BCUT2D eigenvalue weighted by Crippen LogP contribution is 2.32. The number of anilines is 3. The van der Waals surface area contributed by atoms with E-state index in [9.17, 15) is 0 Å². The van der Waals surface area contributed by atoms with Crippen molar-refractivity contribution >= 4 is 33.9 Å². The van der Waals surface area contributed by atoms with Crippen molar-refractivity contribution in [1.82, 2.24) is 29.8 Å². The molecular weight excluding hydrogens is 358 g/mol. The predicted molar refractivity (Wildman–Crippen MR) is 106 cm³/mol. The van der Waals surface area contributed by atoms with Crippen LogP contribution in [0.3, 0.4) is 0 Å². The number of hydrogen-bond acceptors (Lipinski definition) is 9. The Morgan fingerprint density at radius 1 is 1.07 bits per heavy atom. The van der Waals surface area contributed by atoms with Crippen LogP contribution in [0.25, 0.3) is 27.9 Å². The molecule has 0 atom stereocenters. The van der Waals surface area contributed by atoms with E-state index in [0.29, 0.717) is 23.0 Å². The van der Waals surface area contributed by atoms with E-state index >= 15 is 0 Å². The molecule has 0 unspecified atom stereocenters. The summed E-state index contributed by atoms with van der Waals surface area (Å²) in [7, 11) is 0. The Morgan fingerprint density at radius 3 is 2.71 bits per heavy atom. The molecular formula is C18H19N9O. The SMILES string of the molecule is Cc1c(N)nnc2c(N)ncc(-c3nc4ccc(N5CCOCC5)cn4n3)c12. The first kappa shape index (κ1) is 16.6. The molecule has 0 aromatic carbocycles. The van der Waals surface area contributed by atoms with E-state index in [1.165, 1.54) is 0 Å². The average molecular weight is 377 g/mol. The fourth-order valence-corrected chi connectivity index (χ4v) is 3.47. The van der Waals surface area contributed by atoms with Gasteiger partial charge in [-0.3, -0.25) is 0 Å². The Hall–Kier alpha value is -3.53. The summed E-state index contributed by atoms with van der Waals surface area (Å²) >= 11 is 0. The van der Waals surface area contributed by atoms with Gasteiger partial charge in [-0.05, 0) is 19.1 Å². The van der Waals surface area contributed by atoms with Crippen LogP contribution in [0.15, 0.2) is 24.5 Å². The molecule has 4 aromatic heterocycles. The van der Waals surface area contributed by atoms with Crippen LogP contribution in [0.1, 0.15) is 5.56 Å². The zero-order chi connectivity index (χ0) is 19.3. The van der Waals surface area contributed by atoms with Gasteiger partial charge in [0.2, 0.25) is 0 Å². The van der Waals surface area contributed by atoms with Crippen LogP contribution < -0.4 is 16.4 Å². The van der Waals surface area contributed by atoms with Gasteiger partial charge in [-0.2, -0.15) is 0 Å². The summed E-state index contributed by atoms with van der Waals surface area (Å²) in [6, 6.07) is 4.00. The highest BCUT2D eigenvalue weighted by Gasteiger charge is 2.18. The molecule has 1 aliphatic rings. The molecule has 1 fully saturated rings. The van der Waals surface area contributed by atoms with Gasteiger partial charge in [-0.15, -0.1) is 15.3 Å². The molecule has 5 heterocycles. The van der Waals surface area contributed by atoms with Gasteiger partial charge in [0.1, 0.15) is 11.3 Å². The van der Waals surface area contributed by atoms with Gasteiger partial charge >= 0.3 is 0 Å². The highest BCUT2D eigenvalue weighted by molar-refractivity contribution is 6.00. The average Bonchev–Trinajstić information content (AvgIpc) is 3.15. The molecule has 1 aliphatic heterocycles. The standard InChI is InChI=1S/C18H19N9O/c1-10-14-12(8-21-17(20)15(14)23-24-16(10)19)18-22-13-3-2-11(9-27(13)25-18)26-4-6-28-7-5-26/h2-3,8-9H,4-7H2,1H3,(H2,19,24)(H2,20,21). The van der Waals surface area contributed by atoms with Crippen LogP contribution in [0.4, 0.5) is 17.3 Å². The smallest absolute Gasteiger partial charge is 0.184 e. The molecule has 0 bridgehead atoms. The Morgan fingerprint density at radius 2 is 1.89 bits per heavy atom. The number of nitrogen functional groups attached to an aromatic ring is 2. The number of aryl methyl sites for hydroxylation is 1. The maximum absolute atomic E-state index is 5.98. The number of aromatic nitrogens is 6. The van der Waals surface area contributed by atoms with Crippen molar-refractivity contribution in [2.24, 2.45) is 0 Å². The predicted octanol–water partition coefficient (Wildman–Crippen LogP) is 1.04. The third-order valence-electron chi connectivity index (χ3n) is 5.03. The van der Waals surface area contributed by atoms with Crippen molar-refractivity contribution in [1.29, 1.82) is 0 Å². The molecule has 0 amide bonds. The van der Waals surface area contributed by atoms with E-state index in [0.717, 1.165) is 54.2 Å². The van der Waals surface area contributed by atoms with Crippen LogP contribution in [0.2, 0.25) is 0 Å². The number of fused-ring (bicyclic) bond motifs is 2. The zero-order valence-corrected chi connectivity index (χ0v) is 15.3. The first-order chi connectivity index (χ1) is 13.6. The number of rotatable bonds is 2. The van der Waals surface area contributed by atoms with Gasteiger partial charge in [-0.1, -0.05) is 0 Å². The van der Waals surface area contributed by atoms with Crippen molar-refractivity contribution in [3.63, 3.8) is 0 Å². The van der Waals surface area contributed by atoms with Crippen LogP contribution in [0, 0.1) is 6.92 Å². The number of nitrogens with zero attached hydrogens (tertiary/aromatic N) is 7. The van der Waals surface area contributed by atoms with Crippen molar-refractivity contribution < 1.29 is 4.74 Å². The molecule has 1 saturated heterocycles. The third-order valence-corrected chi connectivity index (χ3v) is 5.03. The Labute approximate surface area is 160 Å². The summed E-state index contributed by atoms with van der Waals surface area (Å²) in [6.07, 6.45) is 3.63. The van der Waals surface area contributed by atoms with Crippen molar-refractivity contribution in [2.75, 3.05) is 42.7 Å². The molecule has 4 N–H and O–H groups in total. The van der Waals surface area contributed by atoms with E-state index in [4.69, 9.17) is 16.2 Å². The summed E-state index contributed by atoms with van der Waals surface area (Å²) in [4.78, 5) is 11.2. The van der Waals surface area contributed by atoms with Gasteiger partial charge in [0.25, 0.3) is 0 Å². The minimum atomic E-state index is 0.299. The van der Waals surface area contributed by atoms with Crippen molar-refractivity contribution in [2.45, 2.75) is 6.92 Å². The molecule has 10 nitrogen and oxygen atoms in total. The van der Waals surface area contributed by atoms with Crippen LogP contribution in [-0.2, 0) is 4.74 Å². The lowest BCUT2D eigenvalue weighted by Crippen LogP contribution is -2.36. The summed E-state index contributed by atoms with van der Waals surface area (Å²) in [6.45, 7) is 5.05. The van der Waals surface area contributed by atoms with Gasteiger partial charge in [-0.25, -0.2) is 14.5 Å².